The highest BCUT2D eigenvalue weighted by Crippen LogP contribution is 1.38. The molecule has 0 fully saturated rings. The van der Waals surface area contributed by atoms with Crippen molar-refractivity contribution in [1.29, 1.82) is 0 Å². The monoisotopic (exact) mass is 144 g/mol. The van der Waals surface area contributed by atoms with E-state index in [9.17, 15) is 0 Å². The summed E-state index contributed by atoms with van der Waals surface area (Å²) in [7, 11) is 0. The molecule has 2 heteroatoms. The molecule has 0 N–H and O–H groups in total. The summed E-state index contributed by atoms with van der Waals surface area (Å²) in [4.78, 5) is 16.2. The van der Waals surface area contributed by atoms with E-state index in [2.05, 4.69) is 19.7 Å². The quantitative estimate of drug-likeness (QED) is 0.489. The standard InChI is InChI=1S/C3H6.C2H6.C2H4.CO2/c1-3-2;2*1-2;2-1-3/h3H,1H2,2H3;1-2H3;1-2H2;. The number of hydrogen-bond donors (Lipinski definition) is 0. The van der Waals surface area contributed by atoms with Crippen molar-refractivity contribution in [1.82, 2.24) is 0 Å². The van der Waals surface area contributed by atoms with E-state index in [1.807, 2.05) is 20.8 Å². The van der Waals surface area contributed by atoms with Crippen LogP contribution in [0.15, 0.2) is 25.8 Å². The summed E-state index contributed by atoms with van der Waals surface area (Å²) in [5.41, 5.74) is 0. The van der Waals surface area contributed by atoms with Gasteiger partial charge in [-0.1, -0.05) is 19.9 Å². The van der Waals surface area contributed by atoms with Crippen LogP contribution in [0.25, 0.3) is 0 Å². The van der Waals surface area contributed by atoms with E-state index in [1.54, 1.807) is 6.08 Å². The third-order valence-electron chi connectivity index (χ3n) is 0. The van der Waals surface area contributed by atoms with Gasteiger partial charge in [0.05, 0.1) is 0 Å². The number of hydrogen-bond acceptors (Lipinski definition) is 2. The Bertz CT molecular complexity index is 61.7. The van der Waals surface area contributed by atoms with Gasteiger partial charge in [0.25, 0.3) is 0 Å². The molecule has 0 aromatic carbocycles. The fraction of sp³-hybridized carbons (Fsp3) is 0.375. The van der Waals surface area contributed by atoms with E-state index in [0.29, 0.717) is 0 Å². The van der Waals surface area contributed by atoms with Crippen LogP contribution in [0.4, 0.5) is 0 Å². The Morgan fingerprint density at radius 2 is 1.20 bits per heavy atom. The first-order valence-electron chi connectivity index (χ1n) is 2.89. The summed E-state index contributed by atoms with van der Waals surface area (Å²) in [6, 6.07) is 0. The van der Waals surface area contributed by atoms with Crippen LogP contribution >= 0.6 is 0 Å². The summed E-state index contributed by atoms with van der Waals surface area (Å²) < 4.78 is 0. The Morgan fingerprint density at radius 3 is 1.20 bits per heavy atom. The van der Waals surface area contributed by atoms with Crippen LogP contribution in [-0.4, -0.2) is 6.15 Å². The molecule has 0 heterocycles. The predicted molar refractivity (Wildman–Crippen MR) is 43.5 cm³/mol. The molecule has 0 bridgehead atoms. The Labute approximate surface area is 63.3 Å². The van der Waals surface area contributed by atoms with E-state index in [-0.39, 0.29) is 6.15 Å². The maximum Gasteiger partial charge on any atom is 0.373 e. The Hall–Kier alpha value is -1.14. The molecule has 0 saturated carbocycles. The molecule has 0 aromatic heterocycles. The molecule has 0 radical (unpaired) electrons. The normalized spacial score (nSPS) is 3.10. The second-order valence-corrected chi connectivity index (χ2v) is 0.492. The number of carbonyl (C=O) groups excluding carboxylic acids is 2. The van der Waals surface area contributed by atoms with Crippen LogP contribution in [0, 0.1) is 0 Å². The minimum absolute atomic E-state index is 0.250. The van der Waals surface area contributed by atoms with Gasteiger partial charge in [-0.2, -0.15) is 9.59 Å². The minimum Gasteiger partial charge on any atom is -0.186 e. The van der Waals surface area contributed by atoms with Gasteiger partial charge in [-0.15, -0.1) is 19.7 Å². The number of rotatable bonds is 0. The van der Waals surface area contributed by atoms with E-state index in [4.69, 9.17) is 9.59 Å². The molecule has 2 nitrogen and oxygen atoms in total. The maximum absolute atomic E-state index is 8.12. The summed E-state index contributed by atoms with van der Waals surface area (Å²) >= 11 is 0. The Kier molecular flexibility index (Phi) is 1160. The SMILES string of the molecule is C=C.C=CC.CC.O=C=O. The topological polar surface area (TPSA) is 34.1 Å². The maximum atomic E-state index is 8.12. The molecule has 10 heavy (non-hydrogen) atoms. The molecule has 0 spiro atoms. The second kappa shape index (κ2) is 500. The van der Waals surface area contributed by atoms with Crippen LogP contribution < -0.4 is 0 Å². The van der Waals surface area contributed by atoms with Gasteiger partial charge in [0.2, 0.25) is 0 Å². The zero-order valence-electron chi connectivity index (χ0n) is 7.02. The minimum atomic E-state index is 0.250. The highest BCUT2D eigenvalue weighted by atomic mass is 16.2. The van der Waals surface area contributed by atoms with E-state index in [0.717, 1.165) is 0 Å². The largest absolute Gasteiger partial charge is 0.373 e. The van der Waals surface area contributed by atoms with E-state index in [1.165, 1.54) is 0 Å². The summed E-state index contributed by atoms with van der Waals surface area (Å²) in [6.45, 7) is 15.2. The lowest BCUT2D eigenvalue weighted by molar-refractivity contribution is -0.191. The van der Waals surface area contributed by atoms with Crippen molar-refractivity contribution in [2.24, 2.45) is 0 Å². The van der Waals surface area contributed by atoms with Gasteiger partial charge in [0.1, 0.15) is 0 Å². The van der Waals surface area contributed by atoms with E-state index >= 15 is 0 Å². The summed E-state index contributed by atoms with van der Waals surface area (Å²) in [6.07, 6.45) is 2.00. The highest BCUT2D eigenvalue weighted by molar-refractivity contribution is 5.20. The van der Waals surface area contributed by atoms with E-state index < -0.39 is 0 Å². The predicted octanol–water partition coefficient (Wildman–Crippen LogP) is 2.44. The zero-order chi connectivity index (χ0) is 9.41. The van der Waals surface area contributed by atoms with Crippen molar-refractivity contribution < 1.29 is 9.59 Å². The first-order valence-corrected chi connectivity index (χ1v) is 2.89. The van der Waals surface area contributed by atoms with Crippen LogP contribution in [0.2, 0.25) is 0 Å². The lowest BCUT2D eigenvalue weighted by atomic mass is 10.8. The third kappa shape index (κ3) is 181. The molecular formula is C8H16O2. The lowest BCUT2D eigenvalue weighted by Crippen LogP contribution is -1.22. The average molecular weight is 144 g/mol. The molecule has 0 unspecified atom stereocenters. The zero-order valence-corrected chi connectivity index (χ0v) is 7.02. The van der Waals surface area contributed by atoms with Crippen molar-refractivity contribution in [2.45, 2.75) is 20.8 Å². The van der Waals surface area contributed by atoms with Gasteiger partial charge >= 0.3 is 6.15 Å². The first kappa shape index (κ1) is 23.2. The Morgan fingerprint density at radius 1 is 1.20 bits per heavy atom. The van der Waals surface area contributed by atoms with Crippen molar-refractivity contribution in [3.63, 3.8) is 0 Å². The summed E-state index contributed by atoms with van der Waals surface area (Å²) in [5.74, 6) is 0. The van der Waals surface area contributed by atoms with Crippen molar-refractivity contribution in [3.05, 3.63) is 25.8 Å². The fourth-order valence-electron chi connectivity index (χ4n) is 0. The van der Waals surface area contributed by atoms with Gasteiger partial charge in [0.15, 0.2) is 0 Å². The van der Waals surface area contributed by atoms with Crippen LogP contribution in [0.3, 0.4) is 0 Å². The lowest BCUT2D eigenvalue weighted by Gasteiger charge is -1.31. The van der Waals surface area contributed by atoms with Gasteiger partial charge in [-0.3, -0.25) is 0 Å². The second-order valence-electron chi connectivity index (χ2n) is 0.492. The summed E-state index contributed by atoms with van der Waals surface area (Å²) in [5, 5.41) is 0. The molecule has 0 aliphatic rings. The molecule has 0 aromatic rings. The molecule has 0 aliphatic carbocycles. The van der Waals surface area contributed by atoms with Crippen LogP contribution in [0.5, 0.6) is 0 Å². The van der Waals surface area contributed by atoms with Gasteiger partial charge < -0.3 is 0 Å². The van der Waals surface area contributed by atoms with Gasteiger partial charge in [-0.05, 0) is 6.92 Å². The molecular weight excluding hydrogens is 128 g/mol. The van der Waals surface area contributed by atoms with Gasteiger partial charge in [-0.25, -0.2) is 0 Å². The third-order valence-corrected chi connectivity index (χ3v) is 0. The van der Waals surface area contributed by atoms with Crippen LogP contribution in [0.1, 0.15) is 20.8 Å². The molecule has 0 aliphatic heterocycles. The molecule has 0 amide bonds. The molecule has 0 rings (SSSR count). The first-order chi connectivity index (χ1) is 4.83. The van der Waals surface area contributed by atoms with Crippen molar-refractivity contribution in [2.75, 3.05) is 0 Å². The highest BCUT2D eigenvalue weighted by Gasteiger charge is 1.15. The van der Waals surface area contributed by atoms with Crippen molar-refractivity contribution in [3.8, 4) is 0 Å². The molecule has 60 valence electrons. The van der Waals surface area contributed by atoms with Crippen molar-refractivity contribution >= 4 is 6.15 Å². The smallest absolute Gasteiger partial charge is 0.186 e. The fourth-order valence-corrected chi connectivity index (χ4v) is 0. The van der Waals surface area contributed by atoms with Gasteiger partial charge in [0, 0.05) is 0 Å². The number of allylic oxidation sites excluding steroid dienone is 1. The molecule has 0 atom stereocenters. The molecule has 0 saturated heterocycles. The Balaban J connectivity index is -0.0000000246. The average Bonchev–Trinajstić information content (AvgIpc) is 1.99. The van der Waals surface area contributed by atoms with Crippen LogP contribution in [-0.2, 0) is 9.59 Å².